The highest BCUT2D eigenvalue weighted by Crippen LogP contribution is 2.42. The maximum atomic E-state index is 11.0. The van der Waals surface area contributed by atoms with Gasteiger partial charge in [-0.1, -0.05) is 12.1 Å². The van der Waals surface area contributed by atoms with Crippen LogP contribution in [0.2, 0.25) is 0 Å². The molecule has 0 spiro atoms. The molecule has 4 heteroatoms. The Bertz CT molecular complexity index is 435. The second kappa shape index (κ2) is 5.49. The van der Waals surface area contributed by atoms with Gasteiger partial charge < -0.3 is 20.2 Å². The van der Waals surface area contributed by atoms with E-state index in [1.807, 2.05) is 20.2 Å². The molecule has 1 aromatic carbocycles. The van der Waals surface area contributed by atoms with Crippen LogP contribution in [0.25, 0.3) is 0 Å². The predicted molar refractivity (Wildman–Crippen MR) is 73.9 cm³/mol. The van der Waals surface area contributed by atoms with Crippen LogP contribution < -0.4 is 0 Å². The van der Waals surface area contributed by atoms with Crippen LogP contribution >= 0.6 is 0 Å². The number of hydrogen-bond donors (Lipinski definition) is 3. The first-order chi connectivity index (χ1) is 8.91. The summed E-state index contributed by atoms with van der Waals surface area (Å²) in [6.07, 6.45) is 1.35. The summed E-state index contributed by atoms with van der Waals surface area (Å²) in [6.45, 7) is 0.763. The molecule has 1 fully saturated rings. The van der Waals surface area contributed by atoms with E-state index in [0.29, 0.717) is 12.0 Å². The second-order valence-corrected chi connectivity index (χ2v) is 5.87. The van der Waals surface area contributed by atoms with Gasteiger partial charge in [0.1, 0.15) is 5.75 Å². The molecular weight excluding hydrogens is 242 g/mol. The molecule has 1 aliphatic carbocycles. The first kappa shape index (κ1) is 14.3. The number of rotatable bonds is 3. The number of aromatic hydroxyl groups is 1. The third-order valence-corrected chi connectivity index (χ3v) is 4.00. The van der Waals surface area contributed by atoms with Gasteiger partial charge in [-0.15, -0.1) is 0 Å². The lowest BCUT2D eigenvalue weighted by molar-refractivity contribution is -0.0992. The Kier molecular flexibility index (Phi) is 4.13. The Morgan fingerprint density at radius 3 is 2.68 bits per heavy atom. The number of nitrogens with zero attached hydrogens (tertiary/aromatic N) is 1. The molecule has 0 amide bonds. The van der Waals surface area contributed by atoms with E-state index in [4.69, 9.17) is 0 Å². The molecule has 1 aromatic rings. The Balaban J connectivity index is 2.33. The molecule has 2 rings (SSSR count). The SMILES string of the molecule is CN(C)C[C@H]1CC[C@@H](O)C[C@]1(O)c1cccc(O)c1. The van der Waals surface area contributed by atoms with Gasteiger partial charge in [0.15, 0.2) is 0 Å². The number of aliphatic hydroxyl groups excluding tert-OH is 1. The van der Waals surface area contributed by atoms with Crippen molar-refractivity contribution in [2.75, 3.05) is 20.6 Å². The zero-order chi connectivity index (χ0) is 14.0. The van der Waals surface area contributed by atoms with E-state index in [0.717, 1.165) is 19.4 Å². The minimum Gasteiger partial charge on any atom is -0.508 e. The van der Waals surface area contributed by atoms with Gasteiger partial charge in [0.25, 0.3) is 0 Å². The van der Waals surface area contributed by atoms with Crippen molar-refractivity contribution in [3.63, 3.8) is 0 Å². The summed E-state index contributed by atoms with van der Waals surface area (Å²) in [5, 5.41) is 30.5. The van der Waals surface area contributed by atoms with Crippen molar-refractivity contribution >= 4 is 0 Å². The molecule has 1 aliphatic rings. The topological polar surface area (TPSA) is 63.9 Å². The fourth-order valence-corrected chi connectivity index (χ4v) is 3.07. The van der Waals surface area contributed by atoms with Crippen LogP contribution in [-0.4, -0.2) is 47.0 Å². The maximum Gasteiger partial charge on any atom is 0.115 e. The number of aliphatic hydroxyl groups is 2. The zero-order valence-electron chi connectivity index (χ0n) is 11.6. The summed E-state index contributed by atoms with van der Waals surface area (Å²) in [4.78, 5) is 2.05. The standard InChI is InChI=1S/C15H23NO3/c1-16(2)10-12-6-7-14(18)9-15(12,19)11-4-3-5-13(17)8-11/h3-5,8,12,14,17-19H,6-7,9-10H2,1-2H3/t12-,14-,15+/m1/s1. The van der Waals surface area contributed by atoms with Gasteiger partial charge in [0.05, 0.1) is 11.7 Å². The van der Waals surface area contributed by atoms with Crippen molar-refractivity contribution in [2.24, 2.45) is 5.92 Å². The monoisotopic (exact) mass is 265 g/mol. The summed E-state index contributed by atoms with van der Waals surface area (Å²) in [5.41, 5.74) is -0.376. The van der Waals surface area contributed by atoms with Gasteiger partial charge in [-0.2, -0.15) is 0 Å². The lowest BCUT2D eigenvalue weighted by atomic mass is 9.70. The molecule has 0 aliphatic heterocycles. The van der Waals surface area contributed by atoms with Crippen LogP contribution in [0, 0.1) is 5.92 Å². The number of phenols is 1. The van der Waals surface area contributed by atoms with Gasteiger partial charge in [-0.3, -0.25) is 0 Å². The molecule has 0 unspecified atom stereocenters. The second-order valence-electron chi connectivity index (χ2n) is 5.87. The molecule has 0 radical (unpaired) electrons. The van der Waals surface area contributed by atoms with Crippen LogP contribution in [0.5, 0.6) is 5.75 Å². The molecule has 1 saturated carbocycles. The zero-order valence-corrected chi connectivity index (χ0v) is 11.6. The van der Waals surface area contributed by atoms with Gasteiger partial charge in [0, 0.05) is 18.9 Å². The van der Waals surface area contributed by atoms with Crippen LogP contribution in [-0.2, 0) is 5.60 Å². The van der Waals surface area contributed by atoms with Gasteiger partial charge in [-0.05, 0) is 44.6 Å². The van der Waals surface area contributed by atoms with E-state index in [-0.39, 0.29) is 11.7 Å². The van der Waals surface area contributed by atoms with Crippen molar-refractivity contribution in [1.29, 1.82) is 0 Å². The molecular formula is C15H23NO3. The van der Waals surface area contributed by atoms with Gasteiger partial charge in [0.2, 0.25) is 0 Å². The summed E-state index contributed by atoms with van der Waals surface area (Å²) in [5.74, 6) is 0.210. The minimum absolute atomic E-state index is 0.0627. The van der Waals surface area contributed by atoms with Crippen molar-refractivity contribution in [1.82, 2.24) is 4.90 Å². The molecule has 0 aromatic heterocycles. The highest BCUT2D eigenvalue weighted by molar-refractivity contribution is 5.32. The van der Waals surface area contributed by atoms with Crippen LogP contribution in [0.15, 0.2) is 24.3 Å². The number of benzene rings is 1. The normalized spacial score (nSPS) is 31.6. The van der Waals surface area contributed by atoms with E-state index in [9.17, 15) is 15.3 Å². The summed E-state index contributed by atoms with van der Waals surface area (Å²) < 4.78 is 0. The molecule has 106 valence electrons. The van der Waals surface area contributed by atoms with E-state index in [2.05, 4.69) is 4.90 Å². The van der Waals surface area contributed by atoms with E-state index in [1.165, 1.54) is 0 Å². The molecule has 4 nitrogen and oxygen atoms in total. The molecule has 0 bridgehead atoms. The summed E-state index contributed by atoms with van der Waals surface area (Å²) in [6, 6.07) is 6.74. The Hall–Kier alpha value is -1.10. The lowest BCUT2D eigenvalue weighted by Crippen LogP contribution is -2.46. The van der Waals surface area contributed by atoms with Gasteiger partial charge >= 0.3 is 0 Å². The average Bonchev–Trinajstić information content (AvgIpc) is 2.32. The predicted octanol–water partition coefficient (Wildman–Crippen LogP) is 1.30. The van der Waals surface area contributed by atoms with Crippen LogP contribution in [0.3, 0.4) is 0 Å². The van der Waals surface area contributed by atoms with Gasteiger partial charge in [-0.25, -0.2) is 0 Å². The smallest absolute Gasteiger partial charge is 0.115 e. The van der Waals surface area contributed by atoms with E-state index < -0.39 is 11.7 Å². The highest BCUT2D eigenvalue weighted by Gasteiger charge is 2.43. The molecule has 0 saturated heterocycles. The number of phenolic OH excluding ortho intramolecular Hbond substituents is 1. The molecule has 3 atom stereocenters. The quantitative estimate of drug-likeness (QED) is 0.771. The van der Waals surface area contributed by atoms with Crippen molar-refractivity contribution < 1.29 is 15.3 Å². The number of hydrogen-bond acceptors (Lipinski definition) is 4. The first-order valence-electron chi connectivity index (χ1n) is 6.76. The fraction of sp³-hybridized carbons (Fsp3) is 0.600. The van der Waals surface area contributed by atoms with Crippen LogP contribution in [0.4, 0.5) is 0 Å². The maximum absolute atomic E-state index is 11.0. The Labute approximate surface area is 114 Å². The third-order valence-electron chi connectivity index (χ3n) is 4.00. The van der Waals surface area contributed by atoms with Crippen molar-refractivity contribution in [3.8, 4) is 5.75 Å². The van der Waals surface area contributed by atoms with Crippen molar-refractivity contribution in [3.05, 3.63) is 29.8 Å². The third kappa shape index (κ3) is 3.08. The summed E-state index contributed by atoms with van der Waals surface area (Å²) in [7, 11) is 3.96. The largest absolute Gasteiger partial charge is 0.508 e. The molecule has 3 N–H and O–H groups in total. The minimum atomic E-state index is -1.07. The average molecular weight is 265 g/mol. The van der Waals surface area contributed by atoms with Crippen molar-refractivity contribution in [2.45, 2.75) is 31.0 Å². The van der Waals surface area contributed by atoms with Crippen LogP contribution in [0.1, 0.15) is 24.8 Å². The Morgan fingerprint density at radius 2 is 2.05 bits per heavy atom. The highest BCUT2D eigenvalue weighted by atomic mass is 16.3. The fourth-order valence-electron chi connectivity index (χ4n) is 3.07. The summed E-state index contributed by atoms with van der Waals surface area (Å²) >= 11 is 0. The van der Waals surface area contributed by atoms with E-state index in [1.54, 1.807) is 18.2 Å². The molecule has 19 heavy (non-hydrogen) atoms. The lowest BCUT2D eigenvalue weighted by Gasteiger charge is -2.43. The molecule has 0 heterocycles. The van der Waals surface area contributed by atoms with E-state index >= 15 is 0 Å². The first-order valence-corrected chi connectivity index (χ1v) is 6.76. The Morgan fingerprint density at radius 1 is 1.32 bits per heavy atom.